The zero-order valence-corrected chi connectivity index (χ0v) is 9.35. The molecule has 0 aliphatic carbocycles. The van der Waals surface area contributed by atoms with Crippen LogP contribution in [0.15, 0.2) is 18.7 Å². The maximum atomic E-state index is 3.99. The third-order valence-electron chi connectivity index (χ3n) is 2.88. The SMILES string of the molecule is CC(C)N1CCC(Nc2cncnc2)C1. The molecule has 0 spiro atoms. The Morgan fingerprint density at radius 1 is 1.40 bits per heavy atom. The van der Waals surface area contributed by atoms with Gasteiger partial charge in [-0.25, -0.2) is 9.97 Å². The molecule has 1 aromatic rings. The summed E-state index contributed by atoms with van der Waals surface area (Å²) in [5, 5.41) is 3.46. The molecule has 0 aromatic carbocycles. The van der Waals surface area contributed by atoms with Crippen molar-refractivity contribution in [2.45, 2.75) is 32.4 Å². The highest BCUT2D eigenvalue weighted by atomic mass is 15.2. The van der Waals surface area contributed by atoms with Crippen molar-refractivity contribution in [1.82, 2.24) is 14.9 Å². The summed E-state index contributed by atoms with van der Waals surface area (Å²) in [5.74, 6) is 0. The second-order valence-electron chi connectivity index (χ2n) is 4.35. The number of rotatable bonds is 3. The van der Waals surface area contributed by atoms with Crippen LogP contribution in [0.4, 0.5) is 5.69 Å². The predicted molar refractivity (Wildman–Crippen MR) is 60.8 cm³/mol. The minimum atomic E-state index is 0.540. The number of nitrogens with zero attached hydrogens (tertiary/aromatic N) is 3. The van der Waals surface area contributed by atoms with Crippen molar-refractivity contribution >= 4 is 5.69 Å². The predicted octanol–water partition coefficient (Wildman–Crippen LogP) is 1.37. The summed E-state index contributed by atoms with van der Waals surface area (Å²) < 4.78 is 0. The van der Waals surface area contributed by atoms with Crippen LogP contribution in [-0.4, -0.2) is 40.0 Å². The summed E-state index contributed by atoms with van der Waals surface area (Å²) in [4.78, 5) is 10.5. The van der Waals surface area contributed by atoms with Crippen molar-refractivity contribution in [2.24, 2.45) is 0 Å². The van der Waals surface area contributed by atoms with Crippen molar-refractivity contribution in [3.8, 4) is 0 Å². The van der Waals surface area contributed by atoms with E-state index < -0.39 is 0 Å². The largest absolute Gasteiger partial charge is 0.378 e. The zero-order chi connectivity index (χ0) is 10.7. The molecule has 82 valence electrons. The molecule has 1 atom stereocenters. The standard InChI is InChI=1S/C11H18N4/c1-9(2)15-4-3-10(7-15)14-11-5-12-8-13-6-11/h5-6,8-10,14H,3-4,7H2,1-2H3. The van der Waals surface area contributed by atoms with Crippen LogP contribution in [0.5, 0.6) is 0 Å². The fourth-order valence-electron chi connectivity index (χ4n) is 1.98. The van der Waals surface area contributed by atoms with Gasteiger partial charge in [-0.3, -0.25) is 4.90 Å². The Morgan fingerprint density at radius 2 is 2.13 bits per heavy atom. The van der Waals surface area contributed by atoms with Gasteiger partial charge < -0.3 is 5.32 Å². The van der Waals surface area contributed by atoms with E-state index in [4.69, 9.17) is 0 Å². The molecule has 2 heterocycles. The second kappa shape index (κ2) is 4.57. The maximum Gasteiger partial charge on any atom is 0.115 e. The Balaban J connectivity index is 1.88. The molecule has 1 N–H and O–H groups in total. The molecule has 1 fully saturated rings. The van der Waals surface area contributed by atoms with Gasteiger partial charge in [0.2, 0.25) is 0 Å². The van der Waals surface area contributed by atoms with Crippen LogP contribution >= 0.6 is 0 Å². The first-order valence-corrected chi connectivity index (χ1v) is 5.51. The summed E-state index contributed by atoms with van der Waals surface area (Å²) in [6.07, 6.45) is 6.41. The molecule has 1 aromatic heterocycles. The Bertz CT molecular complexity index is 299. The first kappa shape index (κ1) is 10.4. The maximum absolute atomic E-state index is 3.99. The molecule has 0 radical (unpaired) electrons. The molecular weight excluding hydrogens is 188 g/mol. The van der Waals surface area contributed by atoms with Crippen LogP contribution in [0.25, 0.3) is 0 Å². The van der Waals surface area contributed by atoms with E-state index in [1.807, 2.05) is 12.4 Å². The van der Waals surface area contributed by atoms with E-state index >= 15 is 0 Å². The second-order valence-corrected chi connectivity index (χ2v) is 4.35. The first-order valence-electron chi connectivity index (χ1n) is 5.51. The third-order valence-corrected chi connectivity index (χ3v) is 2.88. The molecule has 15 heavy (non-hydrogen) atoms. The van der Waals surface area contributed by atoms with E-state index in [1.165, 1.54) is 13.0 Å². The Morgan fingerprint density at radius 3 is 2.73 bits per heavy atom. The lowest BCUT2D eigenvalue weighted by atomic mass is 10.2. The summed E-state index contributed by atoms with van der Waals surface area (Å²) in [6.45, 7) is 6.79. The van der Waals surface area contributed by atoms with Gasteiger partial charge in [0.05, 0.1) is 18.1 Å². The molecule has 0 amide bonds. The molecule has 1 aliphatic rings. The average Bonchev–Trinajstić information content (AvgIpc) is 2.68. The van der Waals surface area contributed by atoms with Gasteiger partial charge in [0.1, 0.15) is 6.33 Å². The van der Waals surface area contributed by atoms with E-state index in [-0.39, 0.29) is 0 Å². The van der Waals surface area contributed by atoms with Crippen LogP contribution < -0.4 is 5.32 Å². The van der Waals surface area contributed by atoms with Crippen molar-refractivity contribution in [3.63, 3.8) is 0 Å². The fourth-order valence-corrected chi connectivity index (χ4v) is 1.98. The summed E-state index contributed by atoms with van der Waals surface area (Å²) in [7, 11) is 0. The van der Waals surface area contributed by atoms with Crippen LogP contribution in [-0.2, 0) is 0 Å². The Kier molecular flexibility index (Phi) is 3.16. The highest BCUT2D eigenvalue weighted by molar-refractivity contribution is 5.38. The molecule has 2 rings (SSSR count). The molecule has 1 saturated heterocycles. The first-order chi connectivity index (χ1) is 7.25. The molecule has 0 bridgehead atoms. The van der Waals surface area contributed by atoms with Gasteiger partial charge >= 0.3 is 0 Å². The van der Waals surface area contributed by atoms with Gasteiger partial charge in [0.25, 0.3) is 0 Å². The van der Waals surface area contributed by atoms with E-state index in [1.54, 1.807) is 6.33 Å². The van der Waals surface area contributed by atoms with E-state index in [0.29, 0.717) is 12.1 Å². The molecular formula is C11H18N4. The topological polar surface area (TPSA) is 41.0 Å². The van der Waals surface area contributed by atoms with Crippen molar-refractivity contribution in [2.75, 3.05) is 18.4 Å². The number of nitrogens with one attached hydrogen (secondary N) is 1. The van der Waals surface area contributed by atoms with Crippen molar-refractivity contribution in [1.29, 1.82) is 0 Å². The summed E-state index contributed by atoms with van der Waals surface area (Å²) >= 11 is 0. The van der Waals surface area contributed by atoms with Gasteiger partial charge in [-0.1, -0.05) is 0 Å². The van der Waals surface area contributed by atoms with E-state index in [0.717, 1.165) is 12.2 Å². The van der Waals surface area contributed by atoms with Gasteiger partial charge in [0.15, 0.2) is 0 Å². The Hall–Kier alpha value is -1.16. The molecule has 1 unspecified atom stereocenters. The summed E-state index contributed by atoms with van der Waals surface area (Å²) in [5.41, 5.74) is 1.02. The normalized spacial score (nSPS) is 22.2. The van der Waals surface area contributed by atoms with Gasteiger partial charge in [0, 0.05) is 25.2 Å². The number of aromatic nitrogens is 2. The van der Waals surface area contributed by atoms with E-state index in [9.17, 15) is 0 Å². The van der Waals surface area contributed by atoms with Crippen LogP contribution in [0.1, 0.15) is 20.3 Å². The highest BCUT2D eigenvalue weighted by Crippen LogP contribution is 2.16. The van der Waals surface area contributed by atoms with Crippen LogP contribution in [0.2, 0.25) is 0 Å². The minimum absolute atomic E-state index is 0.540. The highest BCUT2D eigenvalue weighted by Gasteiger charge is 2.23. The quantitative estimate of drug-likeness (QED) is 0.811. The molecule has 0 saturated carbocycles. The molecule has 4 heteroatoms. The monoisotopic (exact) mass is 206 g/mol. The van der Waals surface area contributed by atoms with Crippen LogP contribution in [0, 0.1) is 0 Å². The Labute approximate surface area is 90.7 Å². The minimum Gasteiger partial charge on any atom is -0.378 e. The number of likely N-dealkylation sites (tertiary alicyclic amines) is 1. The fraction of sp³-hybridized carbons (Fsp3) is 0.636. The van der Waals surface area contributed by atoms with Gasteiger partial charge in [-0.2, -0.15) is 0 Å². The number of hydrogen-bond acceptors (Lipinski definition) is 4. The van der Waals surface area contributed by atoms with E-state index in [2.05, 4.69) is 34.0 Å². The summed E-state index contributed by atoms with van der Waals surface area (Å²) in [6, 6.07) is 1.18. The molecule has 1 aliphatic heterocycles. The number of hydrogen-bond donors (Lipinski definition) is 1. The zero-order valence-electron chi connectivity index (χ0n) is 9.35. The van der Waals surface area contributed by atoms with Crippen LogP contribution in [0.3, 0.4) is 0 Å². The lowest BCUT2D eigenvalue weighted by Crippen LogP contribution is -2.31. The lowest BCUT2D eigenvalue weighted by Gasteiger charge is -2.20. The smallest absolute Gasteiger partial charge is 0.115 e. The average molecular weight is 206 g/mol. The van der Waals surface area contributed by atoms with Crippen molar-refractivity contribution < 1.29 is 0 Å². The van der Waals surface area contributed by atoms with Crippen molar-refractivity contribution in [3.05, 3.63) is 18.7 Å². The van der Waals surface area contributed by atoms with Gasteiger partial charge in [-0.05, 0) is 20.3 Å². The number of anilines is 1. The lowest BCUT2D eigenvalue weighted by molar-refractivity contribution is 0.274. The van der Waals surface area contributed by atoms with Gasteiger partial charge in [-0.15, -0.1) is 0 Å². The molecule has 4 nitrogen and oxygen atoms in total. The third kappa shape index (κ3) is 2.65.